The molecule has 0 radical (unpaired) electrons. The second kappa shape index (κ2) is 2.36. The summed E-state index contributed by atoms with van der Waals surface area (Å²) in [7, 11) is 0. The van der Waals surface area contributed by atoms with Gasteiger partial charge in [-0.1, -0.05) is 0 Å². The molecule has 4 nitrogen and oxygen atoms in total. The molecular weight excluding hydrogens is 158 g/mol. The number of hydrogen-bond acceptors (Lipinski definition) is 3. The molecular formula is C8H13NO3. The summed E-state index contributed by atoms with van der Waals surface area (Å²) >= 11 is 0. The molecule has 0 aromatic rings. The fraction of sp³-hybridized carbons (Fsp3) is 0.875. The van der Waals surface area contributed by atoms with E-state index < -0.39 is 0 Å². The van der Waals surface area contributed by atoms with Crippen molar-refractivity contribution in [1.29, 1.82) is 0 Å². The molecule has 68 valence electrons. The van der Waals surface area contributed by atoms with Crippen molar-refractivity contribution in [2.75, 3.05) is 19.8 Å². The first-order chi connectivity index (χ1) is 5.63. The lowest BCUT2D eigenvalue weighted by molar-refractivity contribution is -0.156. The monoisotopic (exact) mass is 171 g/mol. The lowest BCUT2D eigenvalue weighted by Gasteiger charge is -2.35. The van der Waals surface area contributed by atoms with Crippen molar-refractivity contribution < 1.29 is 14.3 Å². The van der Waals surface area contributed by atoms with Crippen molar-refractivity contribution in [2.24, 2.45) is 0 Å². The minimum Gasteiger partial charge on any atom is -0.436 e. The average Bonchev–Trinajstić information content (AvgIpc) is 2.26. The van der Waals surface area contributed by atoms with Gasteiger partial charge in [-0.25, -0.2) is 4.79 Å². The molecule has 1 amide bonds. The van der Waals surface area contributed by atoms with Crippen LogP contribution < -0.4 is 0 Å². The van der Waals surface area contributed by atoms with Crippen molar-refractivity contribution >= 4 is 6.09 Å². The average molecular weight is 171 g/mol. The summed E-state index contributed by atoms with van der Waals surface area (Å²) in [5, 5.41) is 0. The maximum Gasteiger partial charge on any atom is 0.410 e. The first-order valence-electron chi connectivity index (χ1n) is 4.20. The van der Waals surface area contributed by atoms with Gasteiger partial charge in [0, 0.05) is 6.04 Å². The van der Waals surface area contributed by atoms with Crippen LogP contribution in [0.3, 0.4) is 0 Å². The van der Waals surface area contributed by atoms with E-state index >= 15 is 0 Å². The Bertz CT molecular complexity index is 210. The Morgan fingerprint density at radius 3 is 2.42 bits per heavy atom. The third kappa shape index (κ3) is 0.982. The van der Waals surface area contributed by atoms with E-state index in [1.165, 1.54) is 0 Å². The van der Waals surface area contributed by atoms with E-state index in [0.29, 0.717) is 19.8 Å². The topological polar surface area (TPSA) is 38.8 Å². The maximum atomic E-state index is 11.3. The standard InChI is InChI=1S/C8H13NO3/c1-6(2)9-3-8(4-11-5-8)12-7(9)10/h6H,3-5H2,1-2H3. The summed E-state index contributed by atoms with van der Waals surface area (Å²) in [5.74, 6) is 0. The Kier molecular flexibility index (Phi) is 1.54. The molecule has 0 aromatic carbocycles. The second-order valence-corrected chi connectivity index (χ2v) is 3.77. The van der Waals surface area contributed by atoms with E-state index in [-0.39, 0.29) is 17.7 Å². The van der Waals surface area contributed by atoms with Gasteiger partial charge < -0.3 is 14.4 Å². The van der Waals surface area contributed by atoms with Gasteiger partial charge >= 0.3 is 6.09 Å². The maximum absolute atomic E-state index is 11.3. The van der Waals surface area contributed by atoms with Crippen LogP contribution in [-0.4, -0.2) is 42.4 Å². The fourth-order valence-electron chi connectivity index (χ4n) is 1.52. The number of ether oxygens (including phenoxy) is 2. The van der Waals surface area contributed by atoms with E-state index in [9.17, 15) is 4.79 Å². The fourth-order valence-corrected chi connectivity index (χ4v) is 1.52. The summed E-state index contributed by atoms with van der Waals surface area (Å²) < 4.78 is 10.3. The van der Waals surface area contributed by atoms with Crippen LogP contribution in [0.15, 0.2) is 0 Å². The quantitative estimate of drug-likeness (QED) is 0.580. The van der Waals surface area contributed by atoms with Gasteiger partial charge in [-0.15, -0.1) is 0 Å². The van der Waals surface area contributed by atoms with Gasteiger partial charge in [0.05, 0.1) is 19.8 Å². The van der Waals surface area contributed by atoms with Crippen molar-refractivity contribution in [3.63, 3.8) is 0 Å². The molecule has 2 rings (SSSR count). The van der Waals surface area contributed by atoms with Crippen molar-refractivity contribution in [2.45, 2.75) is 25.5 Å². The molecule has 0 aliphatic carbocycles. The number of hydrogen-bond donors (Lipinski definition) is 0. The molecule has 2 heterocycles. The van der Waals surface area contributed by atoms with Crippen LogP contribution in [0.25, 0.3) is 0 Å². The van der Waals surface area contributed by atoms with Crippen LogP contribution in [0.4, 0.5) is 4.79 Å². The van der Waals surface area contributed by atoms with E-state index in [1.807, 2.05) is 13.8 Å². The SMILES string of the molecule is CC(C)N1CC2(COC2)OC1=O. The molecule has 2 aliphatic heterocycles. The minimum atomic E-state index is -0.304. The van der Waals surface area contributed by atoms with Crippen molar-refractivity contribution in [1.82, 2.24) is 4.90 Å². The van der Waals surface area contributed by atoms with Gasteiger partial charge in [-0.3, -0.25) is 0 Å². The number of carbonyl (C=O) groups excluding carboxylic acids is 1. The van der Waals surface area contributed by atoms with Crippen molar-refractivity contribution in [3.05, 3.63) is 0 Å². The van der Waals surface area contributed by atoms with Crippen LogP contribution in [-0.2, 0) is 9.47 Å². The Morgan fingerprint density at radius 2 is 2.17 bits per heavy atom. The van der Waals surface area contributed by atoms with Crippen LogP contribution in [0.5, 0.6) is 0 Å². The highest BCUT2D eigenvalue weighted by molar-refractivity contribution is 5.71. The van der Waals surface area contributed by atoms with Crippen molar-refractivity contribution in [3.8, 4) is 0 Å². The Morgan fingerprint density at radius 1 is 1.50 bits per heavy atom. The van der Waals surface area contributed by atoms with Crippen LogP contribution in [0, 0.1) is 0 Å². The molecule has 1 spiro atoms. The molecule has 0 atom stereocenters. The number of rotatable bonds is 1. The predicted octanol–water partition coefficient (Wildman–Crippen LogP) is 0.616. The van der Waals surface area contributed by atoms with Gasteiger partial charge in [-0.2, -0.15) is 0 Å². The van der Waals surface area contributed by atoms with Gasteiger partial charge in [0.2, 0.25) is 0 Å². The van der Waals surface area contributed by atoms with E-state index in [0.717, 1.165) is 0 Å². The number of amides is 1. The van der Waals surface area contributed by atoms with Gasteiger partial charge in [0.1, 0.15) is 0 Å². The number of carbonyl (C=O) groups is 1. The molecule has 0 unspecified atom stereocenters. The van der Waals surface area contributed by atoms with E-state index in [1.54, 1.807) is 4.90 Å². The van der Waals surface area contributed by atoms with Gasteiger partial charge in [0.25, 0.3) is 0 Å². The second-order valence-electron chi connectivity index (χ2n) is 3.77. The molecule has 0 saturated carbocycles. The molecule has 4 heteroatoms. The molecule has 12 heavy (non-hydrogen) atoms. The Hall–Kier alpha value is -0.770. The normalized spacial score (nSPS) is 26.2. The zero-order valence-electron chi connectivity index (χ0n) is 7.37. The summed E-state index contributed by atoms with van der Waals surface area (Å²) in [6, 6.07) is 0.220. The lowest BCUT2D eigenvalue weighted by Crippen LogP contribution is -2.53. The summed E-state index contributed by atoms with van der Waals surface area (Å²) in [5.41, 5.74) is -0.304. The first-order valence-corrected chi connectivity index (χ1v) is 4.20. The summed E-state index contributed by atoms with van der Waals surface area (Å²) in [6.07, 6.45) is -0.201. The largest absolute Gasteiger partial charge is 0.436 e. The summed E-state index contributed by atoms with van der Waals surface area (Å²) in [6.45, 7) is 5.77. The highest BCUT2D eigenvalue weighted by atomic mass is 16.6. The van der Waals surface area contributed by atoms with Gasteiger partial charge in [0.15, 0.2) is 5.60 Å². The Balaban J connectivity index is 2.07. The number of nitrogens with zero attached hydrogens (tertiary/aromatic N) is 1. The van der Waals surface area contributed by atoms with Crippen LogP contribution in [0.2, 0.25) is 0 Å². The predicted molar refractivity (Wildman–Crippen MR) is 41.9 cm³/mol. The van der Waals surface area contributed by atoms with Gasteiger partial charge in [-0.05, 0) is 13.8 Å². The molecule has 0 aromatic heterocycles. The van der Waals surface area contributed by atoms with Crippen LogP contribution >= 0.6 is 0 Å². The summed E-state index contributed by atoms with van der Waals surface area (Å²) in [4.78, 5) is 13.0. The minimum absolute atomic E-state index is 0.201. The molecule has 2 saturated heterocycles. The van der Waals surface area contributed by atoms with E-state index in [2.05, 4.69) is 0 Å². The van der Waals surface area contributed by atoms with E-state index in [4.69, 9.17) is 9.47 Å². The van der Waals surface area contributed by atoms with Crippen LogP contribution in [0.1, 0.15) is 13.8 Å². The zero-order chi connectivity index (χ0) is 8.77. The first kappa shape index (κ1) is 7.86. The zero-order valence-corrected chi connectivity index (χ0v) is 7.37. The molecule has 0 bridgehead atoms. The highest BCUT2D eigenvalue weighted by Crippen LogP contribution is 2.30. The smallest absolute Gasteiger partial charge is 0.410 e. The lowest BCUT2D eigenvalue weighted by atomic mass is 10.0. The third-order valence-electron chi connectivity index (χ3n) is 2.35. The molecule has 2 aliphatic rings. The highest BCUT2D eigenvalue weighted by Gasteiger charge is 2.51. The molecule has 0 N–H and O–H groups in total. The third-order valence-corrected chi connectivity index (χ3v) is 2.35. The Labute approximate surface area is 71.4 Å². The molecule has 2 fully saturated rings.